The zero-order valence-corrected chi connectivity index (χ0v) is 37.7. The second-order valence-corrected chi connectivity index (χ2v) is 19.3. The number of nitrogens with zero attached hydrogens (tertiary/aromatic N) is 4. The third-order valence-corrected chi connectivity index (χ3v) is 15.9. The fourth-order valence-electron chi connectivity index (χ4n) is 10.6. The summed E-state index contributed by atoms with van der Waals surface area (Å²) in [6.07, 6.45) is -9.32. The molecule has 13 rings (SSSR count). The molecule has 334 valence electrons. The number of thiophene rings is 2. The molecule has 4 aromatic heterocycles. The van der Waals surface area contributed by atoms with Crippen LogP contribution in [0.1, 0.15) is 22.3 Å². The van der Waals surface area contributed by atoms with E-state index in [1.54, 1.807) is 47.0 Å². The Morgan fingerprint density at radius 3 is 1.17 bits per heavy atom. The molecule has 0 aliphatic rings. The summed E-state index contributed by atoms with van der Waals surface area (Å²) in [5, 5.41) is 29.4. The predicted octanol–water partition coefficient (Wildman–Crippen LogP) is 17.7. The number of fused-ring (bicyclic) bond motifs is 12. The minimum Gasteiger partial charge on any atom is -0.308 e. The summed E-state index contributed by atoms with van der Waals surface area (Å²) in [6.45, 7) is 0. The Bertz CT molecular complexity index is 4340. The van der Waals surface area contributed by atoms with E-state index < -0.39 is 23.5 Å². The second-order valence-electron chi connectivity index (χ2n) is 17.1. The molecular formula is C58H28F6N4S2. The molecule has 0 aliphatic heterocycles. The molecule has 0 fully saturated rings. The predicted molar refractivity (Wildman–Crippen MR) is 271 cm³/mol. The number of rotatable bonds is 4. The van der Waals surface area contributed by atoms with E-state index >= 15 is 0 Å². The normalized spacial score (nSPS) is 12.4. The van der Waals surface area contributed by atoms with Crippen molar-refractivity contribution < 1.29 is 26.3 Å². The fourth-order valence-corrected chi connectivity index (χ4v) is 13.0. The Hall–Kier alpha value is -8.42. The maximum atomic E-state index is 14.6. The molecule has 70 heavy (non-hydrogen) atoms. The van der Waals surface area contributed by atoms with Crippen molar-refractivity contribution in [1.82, 2.24) is 9.13 Å². The molecule has 12 heteroatoms. The fraction of sp³-hybridized carbons (Fsp3) is 0.0345. The summed E-state index contributed by atoms with van der Waals surface area (Å²) in [4.78, 5) is 0. The molecular weight excluding hydrogens is 931 g/mol. The number of para-hydroxylation sites is 2. The van der Waals surface area contributed by atoms with E-state index in [4.69, 9.17) is 0 Å². The first-order valence-corrected chi connectivity index (χ1v) is 23.6. The van der Waals surface area contributed by atoms with Gasteiger partial charge in [-0.1, -0.05) is 109 Å². The van der Waals surface area contributed by atoms with Crippen LogP contribution in [0.4, 0.5) is 26.3 Å². The monoisotopic (exact) mass is 958 g/mol. The van der Waals surface area contributed by atoms with Gasteiger partial charge in [0, 0.05) is 84.1 Å². The van der Waals surface area contributed by atoms with E-state index in [0.717, 1.165) is 64.6 Å². The van der Waals surface area contributed by atoms with Crippen molar-refractivity contribution in [3.05, 3.63) is 192 Å². The van der Waals surface area contributed by atoms with Crippen LogP contribution in [0, 0.1) is 22.7 Å². The zero-order valence-electron chi connectivity index (χ0n) is 36.0. The number of nitriles is 2. The molecule has 0 saturated carbocycles. The van der Waals surface area contributed by atoms with Gasteiger partial charge in [-0.15, -0.1) is 22.7 Å². The molecule has 0 aliphatic carbocycles. The van der Waals surface area contributed by atoms with Crippen LogP contribution in [0.15, 0.2) is 170 Å². The van der Waals surface area contributed by atoms with Crippen LogP contribution in [0.5, 0.6) is 0 Å². The Kier molecular flexibility index (Phi) is 8.97. The highest BCUT2D eigenvalue weighted by Crippen LogP contribution is 2.53. The summed E-state index contributed by atoms with van der Waals surface area (Å²) in [7, 11) is 0. The number of alkyl halides is 6. The standard InChI is InChI=1S/C58H28F6N4S2/c59-57(60,61)31-23-25-47-41(27-31)33-11-1-5-19-45(33)67(47)53-43(29-65)51(39-17-9-15-37-35-13-3-7-21-49(35)69-55(37)39)54(68-46-20-6-2-12-34(46)42-28-32(58(62,63)64)24-26-48(42)68)52(44(53)30-66)40-18-10-16-38-36-14-4-8-22-50(36)70-56(38)40/h1-28H. The van der Waals surface area contributed by atoms with Crippen molar-refractivity contribution in [3.8, 4) is 45.8 Å². The van der Waals surface area contributed by atoms with Crippen molar-refractivity contribution in [2.24, 2.45) is 0 Å². The van der Waals surface area contributed by atoms with Crippen LogP contribution in [0.2, 0.25) is 0 Å². The van der Waals surface area contributed by atoms with E-state index in [0.29, 0.717) is 66.2 Å². The number of aromatic nitrogens is 2. The lowest BCUT2D eigenvalue weighted by Gasteiger charge is -2.26. The van der Waals surface area contributed by atoms with Gasteiger partial charge >= 0.3 is 12.4 Å². The van der Waals surface area contributed by atoms with Crippen LogP contribution in [0.3, 0.4) is 0 Å². The molecule has 0 N–H and O–H groups in total. The molecule has 0 unspecified atom stereocenters. The van der Waals surface area contributed by atoms with E-state index in [2.05, 4.69) is 12.1 Å². The Morgan fingerprint density at radius 2 is 0.743 bits per heavy atom. The molecule has 0 atom stereocenters. The number of hydrogen-bond acceptors (Lipinski definition) is 4. The average Bonchev–Trinajstić information content (AvgIpc) is 4.12. The van der Waals surface area contributed by atoms with Gasteiger partial charge in [-0.25, -0.2) is 0 Å². The van der Waals surface area contributed by atoms with Crippen LogP contribution < -0.4 is 0 Å². The first-order valence-electron chi connectivity index (χ1n) is 22.0. The molecule has 0 saturated heterocycles. The lowest BCUT2D eigenvalue weighted by atomic mass is 9.85. The van der Waals surface area contributed by atoms with Gasteiger partial charge in [-0.3, -0.25) is 0 Å². The van der Waals surface area contributed by atoms with Crippen LogP contribution in [-0.2, 0) is 12.4 Å². The van der Waals surface area contributed by atoms with Crippen LogP contribution >= 0.6 is 22.7 Å². The largest absolute Gasteiger partial charge is 0.416 e. The van der Waals surface area contributed by atoms with Gasteiger partial charge in [-0.05, 0) is 60.7 Å². The van der Waals surface area contributed by atoms with Gasteiger partial charge in [0.1, 0.15) is 12.1 Å². The highest BCUT2D eigenvalue weighted by atomic mass is 32.1. The van der Waals surface area contributed by atoms with E-state index in [1.807, 2.05) is 95.6 Å². The van der Waals surface area contributed by atoms with Gasteiger partial charge < -0.3 is 9.13 Å². The summed E-state index contributed by atoms with van der Waals surface area (Å²) in [6, 6.07) is 54.0. The van der Waals surface area contributed by atoms with Gasteiger partial charge in [0.25, 0.3) is 0 Å². The summed E-state index contributed by atoms with van der Waals surface area (Å²) >= 11 is 3.06. The van der Waals surface area contributed by atoms with E-state index in [9.17, 15) is 36.9 Å². The summed E-state index contributed by atoms with van der Waals surface area (Å²) < 4.78 is 94.6. The second kappa shape index (κ2) is 15.0. The number of hydrogen-bond donors (Lipinski definition) is 0. The topological polar surface area (TPSA) is 57.4 Å². The van der Waals surface area contributed by atoms with Crippen LogP contribution in [0.25, 0.3) is 118 Å². The molecule has 13 aromatic rings. The zero-order chi connectivity index (χ0) is 47.8. The summed E-state index contributed by atoms with van der Waals surface area (Å²) in [5.41, 5.74) is 2.71. The molecule has 9 aromatic carbocycles. The highest BCUT2D eigenvalue weighted by Gasteiger charge is 2.36. The van der Waals surface area contributed by atoms with Crippen molar-refractivity contribution >= 4 is 107 Å². The van der Waals surface area contributed by atoms with Crippen molar-refractivity contribution in [1.29, 1.82) is 10.5 Å². The third-order valence-electron chi connectivity index (χ3n) is 13.5. The SMILES string of the molecule is N#Cc1c(-c2cccc3c2sc2ccccc23)c(-n2c3ccccc3c3cc(C(F)(F)F)ccc32)c(-c2cccc3c2sc2ccccc23)c(C#N)c1-n1c2ccccc2c2cc(C(F)(F)F)ccc21. The lowest BCUT2D eigenvalue weighted by Crippen LogP contribution is -2.11. The quantitative estimate of drug-likeness (QED) is 0.165. The highest BCUT2D eigenvalue weighted by molar-refractivity contribution is 7.26. The first-order chi connectivity index (χ1) is 33.9. The maximum Gasteiger partial charge on any atom is 0.416 e. The van der Waals surface area contributed by atoms with E-state index in [-0.39, 0.29) is 22.2 Å². The molecule has 4 nitrogen and oxygen atoms in total. The Morgan fingerprint density at radius 1 is 0.371 bits per heavy atom. The van der Waals surface area contributed by atoms with E-state index in [1.165, 1.54) is 34.8 Å². The number of halogens is 6. The lowest BCUT2D eigenvalue weighted by molar-refractivity contribution is -0.138. The van der Waals surface area contributed by atoms with Crippen molar-refractivity contribution in [2.75, 3.05) is 0 Å². The summed E-state index contributed by atoms with van der Waals surface area (Å²) in [5.74, 6) is 0. The van der Waals surface area contributed by atoms with Gasteiger partial charge in [0.15, 0.2) is 0 Å². The molecule has 4 heterocycles. The van der Waals surface area contributed by atoms with Gasteiger partial charge in [0.05, 0.1) is 55.7 Å². The molecule has 0 spiro atoms. The van der Waals surface area contributed by atoms with Gasteiger partial charge in [0.2, 0.25) is 0 Å². The minimum absolute atomic E-state index is 0.0455. The van der Waals surface area contributed by atoms with Crippen molar-refractivity contribution in [2.45, 2.75) is 12.4 Å². The molecule has 0 amide bonds. The third kappa shape index (κ3) is 5.94. The Balaban J connectivity index is 1.33. The van der Waals surface area contributed by atoms with Crippen LogP contribution in [-0.4, -0.2) is 9.13 Å². The van der Waals surface area contributed by atoms with Gasteiger partial charge in [-0.2, -0.15) is 36.9 Å². The average molecular weight is 959 g/mol. The van der Waals surface area contributed by atoms with Crippen molar-refractivity contribution in [3.63, 3.8) is 0 Å². The first kappa shape index (κ1) is 41.7. The Labute approximate surface area is 400 Å². The molecule has 0 bridgehead atoms. The smallest absolute Gasteiger partial charge is 0.308 e. The number of benzene rings is 9. The maximum absolute atomic E-state index is 14.6. The minimum atomic E-state index is -4.66. The molecule has 0 radical (unpaired) electrons.